The van der Waals surface area contributed by atoms with Crippen LogP contribution in [0.1, 0.15) is 30.8 Å². The van der Waals surface area contributed by atoms with Crippen LogP contribution in [0.4, 0.5) is 0 Å². The first-order chi connectivity index (χ1) is 10.1. The van der Waals surface area contributed by atoms with Crippen molar-refractivity contribution in [3.63, 3.8) is 0 Å². The first-order valence-electron chi connectivity index (χ1n) is 7.57. The Bertz CT molecular complexity index is 555. The number of ether oxygens (including phenoxy) is 1. The van der Waals surface area contributed by atoms with Crippen LogP contribution in [0.15, 0.2) is 36.4 Å². The van der Waals surface area contributed by atoms with E-state index in [0.717, 1.165) is 25.3 Å². The van der Waals surface area contributed by atoms with Gasteiger partial charge in [0.2, 0.25) is 0 Å². The van der Waals surface area contributed by atoms with Crippen LogP contribution in [0, 0.1) is 5.92 Å². The molecule has 0 aliphatic carbocycles. The van der Waals surface area contributed by atoms with E-state index in [1.165, 1.54) is 17.0 Å². The normalized spacial score (nSPS) is 11.1. The van der Waals surface area contributed by atoms with E-state index in [4.69, 9.17) is 4.74 Å². The molecule has 2 rings (SSSR count). The Morgan fingerprint density at radius 1 is 1.00 bits per heavy atom. The Balaban J connectivity index is 1.86. The van der Waals surface area contributed by atoms with E-state index in [2.05, 4.69) is 55.0 Å². The molecule has 114 valence electrons. The van der Waals surface area contributed by atoms with Crippen LogP contribution in [-0.4, -0.2) is 11.7 Å². The maximum Gasteiger partial charge on any atom is 0.118 e. The van der Waals surface area contributed by atoms with Gasteiger partial charge in [0.1, 0.15) is 5.75 Å². The fourth-order valence-corrected chi connectivity index (χ4v) is 2.48. The highest BCUT2D eigenvalue weighted by Crippen LogP contribution is 2.13. The standard InChI is InChI=1S/C18H26N2O/c1-14(2)11-16-7-8-17(20(16)3)13-19-12-15-5-9-18(21-4)10-6-15/h5-10,14,19H,11-13H2,1-4H3. The summed E-state index contributed by atoms with van der Waals surface area (Å²) in [6.07, 6.45) is 1.13. The van der Waals surface area contributed by atoms with E-state index in [1.807, 2.05) is 12.1 Å². The van der Waals surface area contributed by atoms with Gasteiger partial charge in [-0.1, -0.05) is 26.0 Å². The Kier molecular flexibility index (Phi) is 5.45. The maximum absolute atomic E-state index is 5.17. The molecule has 0 aliphatic heterocycles. The molecule has 0 radical (unpaired) electrons. The van der Waals surface area contributed by atoms with Crippen molar-refractivity contribution < 1.29 is 4.74 Å². The average Bonchev–Trinajstić information content (AvgIpc) is 2.80. The van der Waals surface area contributed by atoms with Crippen molar-refractivity contribution in [1.29, 1.82) is 0 Å². The van der Waals surface area contributed by atoms with Gasteiger partial charge in [0.25, 0.3) is 0 Å². The number of rotatable bonds is 7. The molecule has 0 bridgehead atoms. The minimum atomic E-state index is 0.693. The van der Waals surface area contributed by atoms with Gasteiger partial charge in [-0.25, -0.2) is 0 Å². The Labute approximate surface area is 127 Å². The van der Waals surface area contributed by atoms with Crippen LogP contribution >= 0.6 is 0 Å². The lowest BCUT2D eigenvalue weighted by molar-refractivity contribution is 0.414. The SMILES string of the molecule is COc1ccc(CNCc2ccc(CC(C)C)n2C)cc1. The third-order valence-corrected chi connectivity index (χ3v) is 3.74. The van der Waals surface area contributed by atoms with Crippen LogP contribution in [0.3, 0.4) is 0 Å². The smallest absolute Gasteiger partial charge is 0.118 e. The highest BCUT2D eigenvalue weighted by Gasteiger charge is 2.06. The summed E-state index contributed by atoms with van der Waals surface area (Å²) in [6.45, 7) is 6.28. The van der Waals surface area contributed by atoms with Crippen molar-refractivity contribution in [2.75, 3.05) is 7.11 Å². The van der Waals surface area contributed by atoms with Gasteiger partial charge in [-0.3, -0.25) is 0 Å². The third kappa shape index (κ3) is 4.36. The first-order valence-corrected chi connectivity index (χ1v) is 7.57. The van der Waals surface area contributed by atoms with Crippen molar-refractivity contribution >= 4 is 0 Å². The molecule has 21 heavy (non-hydrogen) atoms. The highest BCUT2D eigenvalue weighted by atomic mass is 16.5. The summed E-state index contributed by atoms with van der Waals surface area (Å²) < 4.78 is 7.48. The fourth-order valence-electron chi connectivity index (χ4n) is 2.48. The minimum Gasteiger partial charge on any atom is -0.497 e. The summed E-state index contributed by atoms with van der Waals surface area (Å²) in [5.74, 6) is 1.60. The van der Waals surface area contributed by atoms with Crippen molar-refractivity contribution in [3.05, 3.63) is 53.3 Å². The second-order valence-electron chi connectivity index (χ2n) is 5.92. The van der Waals surface area contributed by atoms with Crippen molar-refractivity contribution in [2.45, 2.75) is 33.4 Å². The Morgan fingerprint density at radius 3 is 2.29 bits per heavy atom. The molecule has 0 atom stereocenters. The second-order valence-corrected chi connectivity index (χ2v) is 5.92. The highest BCUT2D eigenvalue weighted by molar-refractivity contribution is 5.27. The lowest BCUT2D eigenvalue weighted by Gasteiger charge is -2.11. The van der Waals surface area contributed by atoms with Gasteiger partial charge >= 0.3 is 0 Å². The zero-order valence-corrected chi connectivity index (χ0v) is 13.5. The molecule has 2 aromatic rings. The molecule has 0 saturated carbocycles. The van der Waals surface area contributed by atoms with Crippen LogP contribution < -0.4 is 10.1 Å². The van der Waals surface area contributed by atoms with E-state index in [-0.39, 0.29) is 0 Å². The van der Waals surface area contributed by atoms with Crippen LogP contribution in [0.5, 0.6) is 5.75 Å². The predicted octanol–water partition coefficient (Wildman–Crippen LogP) is 3.52. The van der Waals surface area contributed by atoms with Gasteiger partial charge in [0, 0.05) is 31.5 Å². The predicted molar refractivity (Wildman–Crippen MR) is 87.5 cm³/mol. The Hall–Kier alpha value is -1.74. The molecular formula is C18H26N2O. The van der Waals surface area contributed by atoms with Crippen LogP contribution in [-0.2, 0) is 26.6 Å². The number of aromatic nitrogens is 1. The molecule has 0 amide bonds. The molecule has 0 aliphatic rings. The number of hydrogen-bond donors (Lipinski definition) is 1. The van der Waals surface area contributed by atoms with E-state index < -0.39 is 0 Å². The molecular weight excluding hydrogens is 260 g/mol. The zero-order chi connectivity index (χ0) is 15.2. The topological polar surface area (TPSA) is 26.2 Å². The molecule has 0 fully saturated rings. The van der Waals surface area contributed by atoms with Crippen molar-refractivity contribution in [2.24, 2.45) is 13.0 Å². The summed E-state index contributed by atoms with van der Waals surface area (Å²) in [5, 5.41) is 3.50. The molecule has 3 nitrogen and oxygen atoms in total. The number of benzene rings is 1. The van der Waals surface area contributed by atoms with Gasteiger partial charge in [-0.2, -0.15) is 0 Å². The van der Waals surface area contributed by atoms with Crippen LogP contribution in [0.25, 0.3) is 0 Å². The first kappa shape index (κ1) is 15.6. The third-order valence-electron chi connectivity index (χ3n) is 3.74. The number of hydrogen-bond acceptors (Lipinski definition) is 2. The molecule has 1 aromatic heterocycles. The number of nitrogens with zero attached hydrogens (tertiary/aromatic N) is 1. The summed E-state index contributed by atoms with van der Waals surface area (Å²) >= 11 is 0. The Morgan fingerprint density at radius 2 is 1.67 bits per heavy atom. The molecule has 0 spiro atoms. The molecule has 1 heterocycles. The van der Waals surface area contributed by atoms with Crippen molar-refractivity contribution in [1.82, 2.24) is 9.88 Å². The number of methoxy groups -OCH3 is 1. The number of nitrogens with one attached hydrogen (secondary N) is 1. The minimum absolute atomic E-state index is 0.693. The van der Waals surface area contributed by atoms with Crippen LogP contribution in [0.2, 0.25) is 0 Å². The zero-order valence-electron chi connectivity index (χ0n) is 13.5. The van der Waals surface area contributed by atoms with Gasteiger partial charge < -0.3 is 14.6 Å². The summed E-state index contributed by atoms with van der Waals surface area (Å²) in [6, 6.07) is 12.7. The van der Waals surface area contributed by atoms with E-state index in [9.17, 15) is 0 Å². The quantitative estimate of drug-likeness (QED) is 0.843. The average molecular weight is 286 g/mol. The fraction of sp³-hybridized carbons (Fsp3) is 0.444. The van der Waals surface area contributed by atoms with Crippen molar-refractivity contribution in [3.8, 4) is 5.75 Å². The van der Waals surface area contributed by atoms with Gasteiger partial charge in [-0.05, 0) is 42.2 Å². The summed E-state index contributed by atoms with van der Waals surface area (Å²) in [4.78, 5) is 0. The molecule has 3 heteroatoms. The molecule has 1 aromatic carbocycles. The van der Waals surface area contributed by atoms with E-state index >= 15 is 0 Å². The maximum atomic E-state index is 5.17. The van der Waals surface area contributed by atoms with Gasteiger partial charge in [-0.15, -0.1) is 0 Å². The summed E-state index contributed by atoms with van der Waals surface area (Å²) in [7, 11) is 3.85. The van der Waals surface area contributed by atoms with E-state index in [1.54, 1.807) is 7.11 Å². The monoisotopic (exact) mass is 286 g/mol. The lowest BCUT2D eigenvalue weighted by Crippen LogP contribution is -2.15. The largest absolute Gasteiger partial charge is 0.497 e. The van der Waals surface area contributed by atoms with Gasteiger partial charge in [0.05, 0.1) is 7.11 Å². The molecule has 1 N–H and O–H groups in total. The van der Waals surface area contributed by atoms with E-state index in [0.29, 0.717) is 5.92 Å². The lowest BCUT2D eigenvalue weighted by atomic mass is 10.1. The molecule has 0 saturated heterocycles. The van der Waals surface area contributed by atoms with Gasteiger partial charge in [0.15, 0.2) is 0 Å². The molecule has 0 unspecified atom stereocenters. The second kappa shape index (κ2) is 7.32. The summed E-state index contributed by atoms with van der Waals surface area (Å²) in [5.41, 5.74) is 4.01.